The van der Waals surface area contributed by atoms with Crippen molar-refractivity contribution in [1.29, 1.82) is 0 Å². The molecule has 0 saturated heterocycles. The molecule has 53 heavy (non-hydrogen) atoms. The first-order valence-electron chi connectivity index (χ1n) is 20.6. The van der Waals surface area contributed by atoms with E-state index in [0.29, 0.717) is 12.8 Å². The van der Waals surface area contributed by atoms with Crippen molar-refractivity contribution < 1.29 is 77.3 Å². The minimum Gasteiger partial charge on any atom is -0.756 e. The SMILES string of the molecule is CCCCCCCC/C=C/CCCCCCCC(=O)OC[C@H](COP(=O)([O-])OCC(O)CO)OC(=O)CCCCCCCCCCCCCCC.[Na+].[Na]. The number of ether oxygens (including phenoxy) is 2. The van der Waals surface area contributed by atoms with Gasteiger partial charge in [-0.3, -0.25) is 14.2 Å². The summed E-state index contributed by atoms with van der Waals surface area (Å²) >= 11 is 0. The Labute approximate surface area is 368 Å². The summed E-state index contributed by atoms with van der Waals surface area (Å²) in [5.74, 6) is -0.963. The number of hydrogen-bond acceptors (Lipinski definition) is 10. The van der Waals surface area contributed by atoms with Gasteiger partial charge in [0.25, 0.3) is 7.82 Å². The standard InChI is InChI=1S/C40H77O10P.2Na/c1-3-5-7-9-11-13-15-17-18-20-21-23-25-27-29-31-39(43)47-35-38(36-49-51(45,46)48-34-37(42)33-41)50-40(44)32-30-28-26-24-22-19-16-14-12-10-8-6-4-2;;/h17-18,37-38,41-42H,3-16,19-36H2,1-2H3,(H,45,46);;/q;;+1/p-1/b18-17+;;/t37?,38-;;/m1../s1. The fourth-order valence-corrected chi connectivity index (χ4v) is 6.47. The zero-order chi connectivity index (χ0) is 37.7. The molecule has 1 radical (unpaired) electrons. The number of rotatable bonds is 39. The molecule has 0 aromatic rings. The van der Waals surface area contributed by atoms with Crippen LogP contribution in [0.15, 0.2) is 12.2 Å². The summed E-state index contributed by atoms with van der Waals surface area (Å²) in [6.45, 7) is 2.19. The number of carbonyl (C=O) groups is 2. The maximum Gasteiger partial charge on any atom is 1.00 e. The molecule has 303 valence electrons. The molecular formula is C40H76Na2O10P. The van der Waals surface area contributed by atoms with Crippen LogP contribution >= 0.6 is 7.82 Å². The molecule has 0 fully saturated rings. The zero-order valence-electron chi connectivity index (χ0n) is 34.5. The van der Waals surface area contributed by atoms with E-state index in [1.54, 1.807) is 0 Å². The molecule has 0 amide bonds. The first kappa shape index (κ1) is 58.0. The minimum atomic E-state index is -4.86. The Balaban J connectivity index is -0.0000125. The van der Waals surface area contributed by atoms with Crippen molar-refractivity contribution in [2.24, 2.45) is 0 Å². The number of aliphatic hydroxyl groups excluding tert-OH is 2. The van der Waals surface area contributed by atoms with Gasteiger partial charge in [0, 0.05) is 42.4 Å². The summed E-state index contributed by atoms with van der Waals surface area (Å²) in [6, 6.07) is 0. The Morgan fingerprint density at radius 2 is 0.981 bits per heavy atom. The van der Waals surface area contributed by atoms with Gasteiger partial charge < -0.3 is 33.6 Å². The fraction of sp³-hybridized carbons (Fsp3) is 0.900. The van der Waals surface area contributed by atoms with Crippen LogP contribution in [0.2, 0.25) is 0 Å². The Kier molecular flexibility index (Phi) is 48.0. The maximum absolute atomic E-state index is 12.5. The molecule has 2 N–H and O–H groups in total. The van der Waals surface area contributed by atoms with E-state index in [0.717, 1.165) is 51.4 Å². The molecule has 0 aliphatic rings. The van der Waals surface area contributed by atoms with E-state index in [4.69, 9.17) is 19.1 Å². The number of hydrogen-bond donors (Lipinski definition) is 2. The normalized spacial score (nSPS) is 13.5. The number of allylic oxidation sites excluding steroid dienone is 2. The van der Waals surface area contributed by atoms with Gasteiger partial charge in [0.2, 0.25) is 0 Å². The third-order valence-corrected chi connectivity index (χ3v) is 9.84. The Morgan fingerprint density at radius 3 is 1.42 bits per heavy atom. The van der Waals surface area contributed by atoms with E-state index in [-0.39, 0.29) is 78.6 Å². The first-order valence-corrected chi connectivity index (χ1v) is 22.1. The quantitative estimate of drug-likeness (QED) is 0.0234. The van der Waals surface area contributed by atoms with Crippen LogP contribution in [0.25, 0.3) is 0 Å². The monoisotopic (exact) mass is 793 g/mol. The third-order valence-electron chi connectivity index (χ3n) is 8.91. The van der Waals surface area contributed by atoms with E-state index in [2.05, 4.69) is 30.5 Å². The summed E-state index contributed by atoms with van der Waals surface area (Å²) in [5, 5.41) is 18.2. The fourth-order valence-electron chi connectivity index (χ4n) is 5.69. The maximum atomic E-state index is 12.5. The molecule has 13 heteroatoms. The van der Waals surface area contributed by atoms with Crippen molar-refractivity contribution in [3.05, 3.63) is 12.2 Å². The molecule has 0 spiro atoms. The van der Waals surface area contributed by atoms with Crippen LogP contribution in [-0.2, 0) is 32.7 Å². The molecule has 2 unspecified atom stereocenters. The Bertz CT molecular complexity index is 880. The van der Waals surface area contributed by atoms with Crippen molar-refractivity contribution >= 4 is 49.3 Å². The van der Waals surface area contributed by atoms with Gasteiger partial charge in [-0.25, -0.2) is 0 Å². The number of esters is 2. The van der Waals surface area contributed by atoms with Crippen LogP contribution in [0.5, 0.6) is 0 Å². The second-order valence-electron chi connectivity index (χ2n) is 14.0. The van der Waals surface area contributed by atoms with Crippen LogP contribution in [0.1, 0.15) is 194 Å². The second kappa shape index (κ2) is 43.8. The van der Waals surface area contributed by atoms with E-state index in [1.165, 1.54) is 103 Å². The van der Waals surface area contributed by atoms with Gasteiger partial charge in [0.15, 0.2) is 6.10 Å². The van der Waals surface area contributed by atoms with Crippen LogP contribution in [0.3, 0.4) is 0 Å². The van der Waals surface area contributed by atoms with E-state index in [9.17, 15) is 24.2 Å². The zero-order valence-corrected chi connectivity index (χ0v) is 39.4. The van der Waals surface area contributed by atoms with E-state index < -0.39 is 51.8 Å². The van der Waals surface area contributed by atoms with Crippen molar-refractivity contribution in [3.8, 4) is 0 Å². The summed E-state index contributed by atoms with van der Waals surface area (Å²) in [5.41, 5.74) is 0. The van der Waals surface area contributed by atoms with E-state index in [1.807, 2.05) is 0 Å². The van der Waals surface area contributed by atoms with Gasteiger partial charge in [-0.05, 0) is 38.5 Å². The Morgan fingerprint density at radius 1 is 0.604 bits per heavy atom. The van der Waals surface area contributed by atoms with Gasteiger partial charge in [-0.2, -0.15) is 0 Å². The summed E-state index contributed by atoms with van der Waals surface area (Å²) in [4.78, 5) is 37.0. The third kappa shape index (κ3) is 43.7. The molecular weight excluding hydrogens is 717 g/mol. The molecule has 0 aliphatic carbocycles. The van der Waals surface area contributed by atoms with Crippen LogP contribution in [0.4, 0.5) is 0 Å². The number of unbranched alkanes of at least 4 members (excludes halogenated alkanes) is 23. The van der Waals surface area contributed by atoms with Crippen molar-refractivity contribution in [3.63, 3.8) is 0 Å². The molecule has 0 saturated carbocycles. The van der Waals surface area contributed by atoms with Crippen molar-refractivity contribution in [2.75, 3.05) is 26.4 Å². The molecule has 0 aliphatic heterocycles. The van der Waals surface area contributed by atoms with Crippen LogP contribution in [-0.4, -0.2) is 90.3 Å². The van der Waals surface area contributed by atoms with Crippen molar-refractivity contribution in [1.82, 2.24) is 0 Å². The van der Waals surface area contributed by atoms with E-state index >= 15 is 0 Å². The van der Waals surface area contributed by atoms with Crippen LogP contribution < -0.4 is 34.5 Å². The summed E-state index contributed by atoms with van der Waals surface area (Å²) in [7, 11) is -4.86. The Hall–Kier alpha value is 0.710. The first-order chi connectivity index (χ1) is 24.7. The molecule has 0 rings (SSSR count). The minimum absolute atomic E-state index is 0. The molecule has 10 nitrogen and oxygen atoms in total. The summed E-state index contributed by atoms with van der Waals surface area (Å²) in [6.07, 6.45) is 32.9. The average Bonchev–Trinajstić information content (AvgIpc) is 3.12. The number of aliphatic hydroxyl groups is 2. The van der Waals surface area contributed by atoms with Gasteiger partial charge in [0.05, 0.1) is 19.8 Å². The summed E-state index contributed by atoms with van der Waals surface area (Å²) < 4.78 is 32.3. The predicted molar refractivity (Wildman–Crippen MR) is 209 cm³/mol. The van der Waals surface area contributed by atoms with Gasteiger partial charge >= 0.3 is 41.5 Å². The topological polar surface area (TPSA) is 152 Å². The van der Waals surface area contributed by atoms with Crippen molar-refractivity contribution in [2.45, 2.75) is 206 Å². The second-order valence-corrected chi connectivity index (χ2v) is 15.4. The molecule has 0 heterocycles. The molecule has 0 aromatic heterocycles. The largest absolute Gasteiger partial charge is 1.00 e. The number of phosphoric acid groups is 1. The van der Waals surface area contributed by atoms with Gasteiger partial charge in [0.1, 0.15) is 12.7 Å². The van der Waals surface area contributed by atoms with Gasteiger partial charge in [-0.15, -0.1) is 0 Å². The van der Waals surface area contributed by atoms with Crippen LogP contribution in [0, 0.1) is 0 Å². The molecule has 0 aromatic carbocycles. The number of phosphoric ester groups is 1. The average molecular weight is 794 g/mol. The van der Waals surface area contributed by atoms with Gasteiger partial charge in [-0.1, -0.05) is 154 Å². The molecule has 3 atom stereocenters. The molecule has 0 bridgehead atoms. The predicted octanol–water partition coefficient (Wildman–Crippen LogP) is 6.44. The smallest absolute Gasteiger partial charge is 0.756 e. The number of carbonyl (C=O) groups excluding carboxylic acids is 2.